The maximum absolute atomic E-state index is 5.64. The Bertz CT molecular complexity index is 631. The van der Waals surface area contributed by atoms with E-state index in [1.54, 1.807) is 0 Å². The molecule has 1 aromatic heterocycles. The summed E-state index contributed by atoms with van der Waals surface area (Å²) in [4.78, 5) is 14.2. The maximum atomic E-state index is 5.64. The summed E-state index contributed by atoms with van der Waals surface area (Å²) in [5.74, 6) is 3.50. The van der Waals surface area contributed by atoms with Gasteiger partial charge in [-0.15, -0.1) is 24.0 Å². The molecule has 3 rings (SSSR count). The largest absolute Gasteiger partial charge is 0.375 e. The molecule has 3 heterocycles. The van der Waals surface area contributed by atoms with Gasteiger partial charge in [-0.2, -0.15) is 0 Å². The monoisotopic (exact) mass is 501 g/mol. The minimum Gasteiger partial charge on any atom is -0.375 e. The van der Waals surface area contributed by atoms with Gasteiger partial charge in [-0.1, -0.05) is 13.8 Å². The molecule has 0 radical (unpaired) electrons. The fraction of sp³-hybridized carbons (Fsp3) is 0.714. The lowest BCUT2D eigenvalue weighted by molar-refractivity contribution is 0.0529. The van der Waals surface area contributed by atoms with Crippen LogP contribution in [-0.4, -0.2) is 61.3 Å². The van der Waals surface area contributed by atoms with Crippen molar-refractivity contribution in [3.05, 3.63) is 23.9 Å². The number of aliphatic imine (C=N–C) groups is 1. The van der Waals surface area contributed by atoms with E-state index < -0.39 is 0 Å². The van der Waals surface area contributed by atoms with Crippen molar-refractivity contribution in [3.8, 4) is 0 Å². The molecule has 158 valence electrons. The van der Waals surface area contributed by atoms with Crippen molar-refractivity contribution in [2.24, 2.45) is 16.8 Å². The van der Waals surface area contributed by atoms with E-state index in [2.05, 4.69) is 59.9 Å². The summed E-state index contributed by atoms with van der Waals surface area (Å²) in [5.41, 5.74) is 1.20. The molecular formula is C21H36IN5O. The SMILES string of the molecule is CCNC(=NCc1ccnc(N2CCOC(C)C2)c1)N1CC(C)CC(C)C1.I. The number of likely N-dealkylation sites (tertiary alicyclic amines) is 1. The predicted molar refractivity (Wildman–Crippen MR) is 127 cm³/mol. The van der Waals surface area contributed by atoms with Crippen molar-refractivity contribution in [1.29, 1.82) is 0 Å². The Kier molecular flexibility index (Phi) is 9.27. The van der Waals surface area contributed by atoms with Gasteiger partial charge in [0.05, 0.1) is 19.3 Å². The second-order valence-corrected chi connectivity index (χ2v) is 8.17. The maximum Gasteiger partial charge on any atom is 0.194 e. The third-order valence-corrected chi connectivity index (χ3v) is 5.29. The third-order valence-electron chi connectivity index (χ3n) is 5.29. The van der Waals surface area contributed by atoms with Gasteiger partial charge >= 0.3 is 0 Å². The summed E-state index contributed by atoms with van der Waals surface area (Å²) in [7, 11) is 0. The van der Waals surface area contributed by atoms with Gasteiger partial charge in [-0.3, -0.25) is 0 Å². The number of hydrogen-bond donors (Lipinski definition) is 1. The van der Waals surface area contributed by atoms with E-state index >= 15 is 0 Å². The van der Waals surface area contributed by atoms with Crippen molar-refractivity contribution < 1.29 is 4.74 Å². The predicted octanol–water partition coefficient (Wildman–Crippen LogP) is 3.37. The van der Waals surface area contributed by atoms with E-state index in [-0.39, 0.29) is 30.1 Å². The molecule has 3 atom stereocenters. The van der Waals surface area contributed by atoms with Gasteiger partial charge in [0.1, 0.15) is 5.82 Å². The normalized spacial score (nSPS) is 26.0. The number of anilines is 1. The van der Waals surface area contributed by atoms with Crippen LogP contribution >= 0.6 is 24.0 Å². The Labute approximate surface area is 187 Å². The van der Waals surface area contributed by atoms with Gasteiger partial charge in [0, 0.05) is 38.9 Å². The lowest BCUT2D eigenvalue weighted by Crippen LogP contribution is -2.48. The van der Waals surface area contributed by atoms with Crippen LogP contribution in [0.3, 0.4) is 0 Å². The molecule has 0 saturated carbocycles. The van der Waals surface area contributed by atoms with Gasteiger partial charge in [0.2, 0.25) is 0 Å². The zero-order valence-corrected chi connectivity index (χ0v) is 20.1. The molecule has 2 saturated heterocycles. The Morgan fingerprint density at radius 3 is 2.68 bits per heavy atom. The van der Waals surface area contributed by atoms with Gasteiger partial charge in [-0.25, -0.2) is 9.98 Å². The number of piperidine rings is 1. The zero-order valence-electron chi connectivity index (χ0n) is 17.7. The van der Waals surface area contributed by atoms with Crippen LogP contribution in [0.1, 0.15) is 39.7 Å². The average molecular weight is 501 g/mol. The fourth-order valence-electron chi connectivity index (χ4n) is 4.19. The lowest BCUT2D eigenvalue weighted by Gasteiger charge is -2.37. The molecular weight excluding hydrogens is 465 g/mol. The minimum atomic E-state index is 0. The van der Waals surface area contributed by atoms with Crippen LogP contribution in [0.5, 0.6) is 0 Å². The Morgan fingerprint density at radius 2 is 2.00 bits per heavy atom. The van der Waals surface area contributed by atoms with Crippen LogP contribution in [0.4, 0.5) is 5.82 Å². The fourth-order valence-corrected chi connectivity index (χ4v) is 4.19. The molecule has 2 aliphatic heterocycles. The van der Waals surface area contributed by atoms with E-state index in [0.717, 1.165) is 51.1 Å². The highest BCUT2D eigenvalue weighted by atomic mass is 127. The highest BCUT2D eigenvalue weighted by Crippen LogP contribution is 2.21. The van der Waals surface area contributed by atoms with Crippen LogP contribution in [0.15, 0.2) is 23.3 Å². The van der Waals surface area contributed by atoms with Crippen LogP contribution in [0.2, 0.25) is 0 Å². The minimum absolute atomic E-state index is 0. The number of pyridine rings is 1. The van der Waals surface area contributed by atoms with E-state index in [9.17, 15) is 0 Å². The molecule has 0 amide bonds. The Hall–Kier alpha value is -1.09. The highest BCUT2D eigenvalue weighted by molar-refractivity contribution is 14.0. The molecule has 0 bridgehead atoms. The number of hydrogen-bond acceptors (Lipinski definition) is 4. The summed E-state index contributed by atoms with van der Waals surface area (Å²) in [6, 6.07) is 4.24. The first-order valence-electron chi connectivity index (χ1n) is 10.4. The first-order chi connectivity index (χ1) is 13.0. The van der Waals surface area contributed by atoms with E-state index in [1.165, 1.54) is 12.0 Å². The molecule has 1 N–H and O–H groups in total. The van der Waals surface area contributed by atoms with Crippen LogP contribution in [0, 0.1) is 11.8 Å². The van der Waals surface area contributed by atoms with Gasteiger partial charge in [-0.05, 0) is 49.8 Å². The molecule has 1 aromatic rings. The number of halogens is 1. The quantitative estimate of drug-likeness (QED) is 0.390. The standard InChI is InChI=1S/C21H35N5O.HI/c1-5-22-21(26-13-16(2)10-17(3)14-26)24-12-19-6-7-23-20(11-19)25-8-9-27-18(4)15-25;/h6-7,11,16-18H,5,8-10,12-15H2,1-4H3,(H,22,24);1H. The zero-order chi connectivity index (χ0) is 19.2. The summed E-state index contributed by atoms with van der Waals surface area (Å²) in [6.07, 6.45) is 3.46. The second-order valence-electron chi connectivity index (χ2n) is 8.17. The summed E-state index contributed by atoms with van der Waals surface area (Å²) in [5, 5.41) is 3.48. The molecule has 0 spiro atoms. The highest BCUT2D eigenvalue weighted by Gasteiger charge is 2.24. The van der Waals surface area contributed by atoms with Gasteiger partial charge in [0.15, 0.2) is 5.96 Å². The Morgan fingerprint density at radius 1 is 1.25 bits per heavy atom. The van der Waals surface area contributed by atoms with E-state index in [1.807, 2.05) is 6.20 Å². The molecule has 6 nitrogen and oxygen atoms in total. The van der Waals surface area contributed by atoms with E-state index in [4.69, 9.17) is 9.73 Å². The summed E-state index contributed by atoms with van der Waals surface area (Å²) < 4.78 is 5.64. The smallest absolute Gasteiger partial charge is 0.194 e. The number of morpholine rings is 1. The van der Waals surface area contributed by atoms with Crippen molar-refractivity contribution >= 4 is 35.8 Å². The Balaban J connectivity index is 0.00000280. The van der Waals surface area contributed by atoms with E-state index in [0.29, 0.717) is 18.4 Å². The first-order valence-corrected chi connectivity index (χ1v) is 10.4. The molecule has 2 fully saturated rings. The number of aromatic nitrogens is 1. The molecule has 0 aromatic carbocycles. The number of nitrogens with one attached hydrogen (secondary N) is 1. The summed E-state index contributed by atoms with van der Waals surface area (Å²) in [6.45, 7) is 15.2. The molecule has 0 aliphatic carbocycles. The number of ether oxygens (including phenoxy) is 1. The molecule has 2 aliphatic rings. The molecule has 28 heavy (non-hydrogen) atoms. The van der Waals surface area contributed by atoms with Gasteiger partial charge in [0.25, 0.3) is 0 Å². The molecule has 7 heteroatoms. The first kappa shape index (κ1) is 23.2. The van der Waals surface area contributed by atoms with Crippen molar-refractivity contribution in [1.82, 2.24) is 15.2 Å². The summed E-state index contributed by atoms with van der Waals surface area (Å²) >= 11 is 0. The van der Waals surface area contributed by atoms with Crippen LogP contribution in [-0.2, 0) is 11.3 Å². The second kappa shape index (κ2) is 11.2. The number of rotatable bonds is 4. The lowest BCUT2D eigenvalue weighted by atomic mass is 9.92. The van der Waals surface area contributed by atoms with Crippen LogP contribution < -0.4 is 10.2 Å². The topological polar surface area (TPSA) is 53.0 Å². The third kappa shape index (κ3) is 6.47. The van der Waals surface area contributed by atoms with Gasteiger partial charge < -0.3 is 19.9 Å². The van der Waals surface area contributed by atoms with Crippen molar-refractivity contribution in [2.45, 2.75) is 46.8 Å². The van der Waals surface area contributed by atoms with Crippen LogP contribution in [0.25, 0.3) is 0 Å². The van der Waals surface area contributed by atoms with Crippen molar-refractivity contribution in [3.63, 3.8) is 0 Å². The molecule has 3 unspecified atom stereocenters. The number of guanidine groups is 1. The average Bonchev–Trinajstić information content (AvgIpc) is 2.64. The number of nitrogens with zero attached hydrogens (tertiary/aromatic N) is 4. The van der Waals surface area contributed by atoms with Crippen molar-refractivity contribution in [2.75, 3.05) is 44.2 Å².